The van der Waals surface area contributed by atoms with Gasteiger partial charge in [-0.25, -0.2) is 9.07 Å². The Morgan fingerprint density at radius 2 is 2.06 bits per heavy atom. The Kier molecular flexibility index (Phi) is 4.98. The van der Waals surface area contributed by atoms with E-state index in [2.05, 4.69) is 5.10 Å². The molecular weight excluding hydrogens is 397 g/mol. The molecule has 0 saturated heterocycles. The van der Waals surface area contributed by atoms with Crippen molar-refractivity contribution >= 4 is 5.91 Å². The molecule has 1 aliphatic carbocycles. The van der Waals surface area contributed by atoms with Gasteiger partial charge in [0.1, 0.15) is 0 Å². The van der Waals surface area contributed by atoms with Crippen LogP contribution in [0.25, 0.3) is 5.69 Å². The molecule has 1 N–H and O–H groups in total. The number of hydrogen-bond donors (Lipinski definition) is 1. The summed E-state index contributed by atoms with van der Waals surface area (Å²) in [5.41, 5.74) is 3.27. The van der Waals surface area contributed by atoms with Crippen molar-refractivity contribution in [3.63, 3.8) is 0 Å². The highest BCUT2D eigenvalue weighted by molar-refractivity contribution is 5.99. The molecule has 5 rings (SSSR count). The Balaban J connectivity index is 1.45. The molecule has 7 heteroatoms. The number of rotatable bonds is 5. The third-order valence-electron chi connectivity index (χ3n) is 6.37. The molecular formula is C24H24FN3O3. The van der Waals surface area contributed by atoms with Crippen LogP contribution < -0.4 is 4.74 Å². The van der Waals surface area contributed by atoms with Gasteiger partial charge in [-0.15, -0.1) is 0 Å². The second kappa shape index (κ2) is 7.81. The van der Waals surface area contributed by atoms with Gasteiger partial charge in [-0.05, 0) is 49.1 Å². The van der Waals surface area contributed by atoms with Crippen LogP contribution in [0.1, 0.15) is 46.3 Å². The number of aliphatic hydroxyl groups excluding tert-OH is 1. The predicted molar refractivity (Wildman–Crippen MR) is 113 cm³/mol. The van der Waals surface area contributed by atoms with Crippen molar-refractivity contribution in [1.82, 2.24) is 14.7 Å². The fourth-order valence-corrected chi connectivity index (χ4v) is 4.78. The van der Waals surface area contributed by atoms with Gasteiger partial charge in [0, 0.05) is 35.5 Å². The highest BCUT2D eigenvalue weighted by Gasteiger charge is 2.40. The largest absolute Gasteiger partial charge is 0.493 e. The van der Waals surface area contributed by atoms with Crippen LogP contribution >= 0.6 is 0 Å². The molecule has 0 radical (unpaired) electrons. The van der Waals surface area contributed by atoms with Crippen LogP contribution in [0.3, 0.4) is 0 Å². The van der Waals surface area contributed by atoms with Crippen LogP contribution in [0.5, 0.6) is 5.75 Å². The molecule has 0 spiro atoms. The van der Waals surface area contributed by atoms with Gasteiger partial charge in [0.15, 0.2) is 11.6 Å². The minimum absolute atomic E-state index is 0.177. The number of methoxy groups -OCH3 is 1. The molecule has 0 bridgehead atoms. The van der Waals surface area contributed by atoms with E-state index in [4.69, 9.17) is 4.74 Å². The number of aliphatic hydroxyl groups is 1. The molecule has 1 fully saturated rings. The van der Waals surface area contributed by atoms with Crippen molar-refractivity contribution in [1.29, 1.82) is 0 Å². The molecule has 160 valence electrons. The zero-order chi connectivity index (χ0) is 21.5. The third-order valence-corrected chi connectivity index (χ3v) is 6.37. The average molecular weight is 421 g/mol. The lowest BCUT2D eigenvalue weighted by molar-refractivity contribution is 0.0478. The minimum atomic E-state index is -0.545. The smallest absolute Gasteiger partial charge is 0.254 e. The van der Waals surface area contributed by atoms with Crippen LogP contribution in [-0.2, 0) is 13.0 Å². The Bertz CT molecular complexity index is 1110. The van der Waals surface area contributed by atoms with Crippen molar-refractivity contribution in [2.24, 2.45) is 0 Å². The van der Waals surface area contributed by atoms with Crippen molar-refractivity contribution in [3.05, 3.63) is 76.9 Å². The van der Waals surface area contributed by atoms with Gasteiger partial charge in [0.05, 0.1) is 31.5 Å². The van der Waals surface area contributed by atoms with Gasteiger partial charge < -0.3 is 14.7 Å². The minimum Gasteiger partial charge on any atom is -0.493 e. The predicted octanol–water partition coefficient (Wildman–Crippen LogP) is 3.48. The lowest BCUT2D eigenvalue weighted by Gasteiger charge is -2.26. The molecule has 1 saturated carbocycles. The van der Waals surface area contributed by atoms with Crippen molar-refractivity contribution in [2.75, 3.05) is 7.11 Å². The van der Waals surface area contributed by atoms with Crippen LogP contribution in [0, 0.1) is 5.82 Å². The number of amides is 1. The summed E-state index contributed by atoms with van der Waals surface area (Å²) >= 11 is 0. The number of aromatic nitrogens is 2. The monoisotopic (exact) mass is 421 g/mol. The number of fused-ring (bicyclic) bond motifs is 1. The number of carbonyl (C=O) groups excluding carboxylic acids is 1. The van der Waals surface area contributed by atoms with E-state index in [1.165, 1.54) is 7.11 Å². The molecule has 31 heavy (non-hydrogen) atoms. The summed E-state index contributed by atoms with van der Waals surface area (Å²) in [5.74, 6) is -0.513. The van der Waals surface area contributed by atoms with Gasteiger partial charge in [-0.3, -0.25) is 4.79 Å². The van der Waals surface area contributed by atoms with Crippen LogP contribution in [0.15, 0.2) is 48.8 Å². The molecule has 2 atom stereocenters. The number of carbonyl (C=O) groups is 1. The number of benzene rings is 2. The maximum absolute atomic E-state index is 15.3. The summed E-state index contributed by atoms with van der Waals surface area (Å²) in [6, 6.07) is 11.2. The van der Waals surface area contributed by atoms with Gasteiger partial charge in [-0.2, -0.15) is 5.10 Å². The van der Waals surface area contributed by atoms with Gasteiger partial charge in [0.2, 0.25) is 0 Å². The normalized spacial score (nSPS) is 20.4. The molecule has 3 aromatic rings. The lowest BCUT2D eigenvalue weighted by Crippen LogP contribution is -2.40. The molecule has 2 aliphatic rings. The second-order valence-electron chi connectivity index (χ2n) is 8.20. The van der Waals surface area contributed by atoms with E-state index < -0.39 is 11.9 Å². The quantitative estimate of drug-likeness (QED) is 0.685. The van der Waals surface area contributed by atoms with Crippen molar-refractivity contribution in [2.45, 2.75) is 44.4 Å². The summed E-state index contributed by atoms with van der Waals surface area (Å²) < 4.78 is 22.5. The van der Waals surface area contributed by atoms with E-state index in [0.717, 1.165) is 24.1 Å². The highest BCUT2D eigenvalue weighted by Crippen LogP contribution is 2.38. The van der Waals surface area contributed by atoms with Crippen molar-refractivity contribution < 1.29 is 19.0 Å². The first-order valence-corrected chi connectivity index (χ1v) is 10.5. The maximum Gasteiger partial charge on any atom is 0.254 e. The Labute approximate surface area is 179 Å². The van der Waals surface area contributed by atoms with Crippen LogP contribution in [-0.4, -0.2) is 44.9 Å². The summed E-state index contributed by atoms with van der Waals surface area (Å²) in [6.45, 7) is 0.178. The van der Waals surface area contributed by atoms with Crippen molar-refractivity contribution in [3.8, 4) is 11.4 Å². The first kappa shape index (κ1) is 19.8. The Hall–Kier alpha value is -3.19. The SMILES string of the molecule is COc1c(Cc2ccc(-n3cccn3)cc2)cc2c(c1F)CN([C@H]1CCC[C@@H]1O)C2=O. The van der Waals surface area contributed by atoms with Crippen LogP contribution in [0.4, 0.5) is 4.39 Å². The summed E-state index contributed by atoms with van der Waals surface area (Å²) in [4.78, 5) is 14.7. The van der Waals surface area contributed by atoms with Gasteiger partial charge >= 0.3 is 0 Å². The van der Waals surface area contributed by atoms with E-state index in [1.54, 1.807) is 21.8 Å². The molecule has 1 aromatic heterocycles. The number of ether oxygens (including phenoxy) is 1. The van der Waals surface area contributed by atoms with E-state index in [0.29, 0.717) is 29.5 Å². The van der Waals surface area contributed by atoms with E-state index in [1.807, 2.05) is 36.5 Å². The fourth-order valence-electron chi connectivity index (χ4n) is 4.78. The van der Waals surface area contributed by atoms with E-state index >= 15 is 4.39 Å². The topological polar surface area (TPSA) is 67.6 Å². The van der Waals surface area contributed by atoms with Gasteiger partial charge in [0.25, 0.3) is 5.91 Å². The highest BCUT2D eigenvalue weighted by atomic mass is 19.1. The number of halogens is 1. The zero-order valence-corrected chi connectivity index (χ0v) is 17.3. The van der Waals surface area contributed by atoms with E-state index in [-0.39, 0.29) is 24.2 Å². The van der Waals surface area contributed by atoms with Crippen LogP contribution in [0.2, 0.25) is 0 Å². The maximum atomic E-state index is 15.3. The van der Waals surface area contributed by atoms with E-state index in [9.17, 15) is 9.90 Å². The fraction of sp³-hybridized carbons (Fsp3) is 0.333. The molecule has 6 nitrogen and oxygen atoms in total. The number of nitrogens with zero attached hydrogens (tertiary/aromatic N) is 3. The first-order valence-electron chi connectivity index (χ1n) is 10.5. The molecule has 1 aliphatic heterocycles. The van der Waals surface area contributed by atoms with Gasteiger partial charge in [-0.1, -0.05) is 12.1 Å². The summed E-state index contributed by atoms with van der Waals surface area (Å²) in [7, 11) is 1.45. The summed E-state index contributed by atoms with van der Waals surface area (Å²) in [5, 5.41) is 14.5. The molecule has 1 amide bonds. The average Bonchev–Trinajstić information content (AvgIpc) is 3.51. The Morgan fingerprint density at radius 1 is 1.26 bits per heavy atom. The standard InChI is InChI=1S/C24H24FN3O3/c1-31-23-16(12-15-6-8-17(9-7-15)28-11-3-10-26-28)13-18-19(22(23)25)14-27(24(18)30)20-4-2-5-21(20)29/h3,6-11,13,20-21,29H,2,4-5,12,14H2,1H3/t20-,21-/m0/s1. The lowest BCUT2D eigenvalue weighted by atomic mass is 9.98. The Morgan fingerprint density at radius 3 is 2.71 bits per heavy atom. The number of hydrogen-bond acceptors (Lipinski definition) is 4. The first-order chi connectivity index (χ1) is 15.1. The molecule has 0 unspecified atom stereocenters. The summed E-state index contributed by atoms with van der Waals surface area (Å²) in [6.07, 6.45) is 5.77. The molecule has 2 heterocycles. The second-order valence-corrected chi connectivity index (χ2v) is 8.20. The molecule has 2 aromatic carbocycles. The third kappa shape index (κ3) is 3.39. The zero-order valence-electron chi connectivity index (χ0n) is 17.3.